The minimum absolute atomic E-state index is 0. The fraction of sp³-hybridized carbons (Fsp3) is 0.333. The molecule has 0 spiro atoms. The summed E-state index contributed by atoms with van der Waals surface area (Å²) in [6.45, 7) is 2.51. The number of benzene rings is 1. The molecule has 2 rings (SSSR count). The van der Waals surface area contributed by atoms with Crippen LogP contribution in [0.5, 0.6) is 0 Å². The Morgan fingerprint density at radius 3 is 2.59 bits per heavy atom. The molecule has 0 saturated carbocycles. The number of carbonyl (C=O) groups excluding carboxylic acids is 1. The number of carbonyl (C=O) groups is 1. The van der Waals surface area contributed by atoms with Gasteiger partial charge in [-0.15, -0.1) is 36.2 Å². The number of nitrogens with zero attached hydrogens (tertiary/aromatic N) is 1. The number of aromatic nitrogens is 1. The third kappa shape index (κ3) is 6.32. The molecule has 1 heterocycles. The Hall–Kier alpha value is -1.14. The molecule has 0 fully saturated rings. The second-order valence-corrected chi connectivity index (χ2v) is 5.54. The summed E-state index contributed by atoms with van der Waals surface area (Å²) in [5, 5.41) is 5.90. The lowest BCUT2D eigenvalue weighted by Gasteiger charge is -2.11. The molecule has 4 nitrogen and oxygen atoms in total. The number of rotatable bonds is 6. The first-order chi connectivity index (χ1) is 9.69. The predicted molar refractivity (Wildman–Crippen MR) is 96.0 cm³/mol. The van der Waals surface area contributed by atoms with Crippen LogP contribution in [0.3, 0.4) is 0 Å². The number of nitrogens with one attached hydrogen (secondary N) is 1. The fourth-order valence-corrected chi connectivity index (χ4v) is 2.61. The fourth-order valence-electron chi connectivity index (χ4n) is 1.86. The molecule has 2 aromatic rings. The van der Waals surface area contributed by atoms with Crippen LogP contribution in [0.25, 0.3) is 0 Å². The first kappa shape index (κ1) is 20.9. The predicted octanol–water partition coefficient (Wildman–Crippen LogP) is 2.74. The Morgan fingerprint density at radius 2 is 2.00 bits per heavy atom. The van der Waals surface area contributed by atoms with E-state index in [1.807, 2.05) is 35.7 Å². The number of hydrogen-bond donors (Lipinski definition) is 2. The normalized spacial score (nSPS) is 11.0. The van der Waals surface area contributed by atoms with Crippen LogP contribution in [0, 0.1) is 0 Å². The minimum Gasteiger partial charge on any atom is -0.349 e. The average Bonchev–Trinajstić information content (AvgIpc) is 2.93. The molecule has 7 heteroatoms. The molecule has 1 amide bonds. The van der Waals surface area contributed by atoms with Gasteiger partial charge >= 0.3 is 0 Å². The Kier molecular flexibility index (Phi) is 10.0. The van der Waals surface area contributed by atoms with E-state index in [2.05, 4.69) is 17.2 Å². The van der Waals surface area contributed by atoms with Gasteiger partial charge in [0.25, 0.3) is 0 Å². The smallest absolute Gasteiger partial charge is 0.237 e. The van der Waals surface area contributed by atoms with Crippen molar-refractivity contribution in [3.05, 3.63) is 52.0 Å². The van der Waals surface area contributed by atoms with Crippen molar-refractivity contribution in [2.45, 2.75) is 32.4 Å². The molecular formula is C15H21Cl2N3OS. The molecule has 0 unspecified atom stereocenters. The van der Waals surface area contributed by atoms with Crippen LogP contribution < -0.4 is 11.1 Å². The monoisotopic (exact) mass is 361 g/mol. The summed E-state index contributed by atoms with van der Waals surface area (Å²) >= 11 is 1.62. The minimum atomic E-state index is -0.526. The zero-order valence-electron chi connectivity index (χ0n) is 12.3. The Bertz CT molecular complexity index is 563. The highest BCUT2D eigenvalue weighted by atomic mass is 35.5. The van der Waals surface area contributed by atoms with E-state index in [9.17, 15) is 4.79 Å². The maximum atomic E-state index is 11.9. The lowest BCUT2D eigenvalue weighted by molar-refractivity contribution is -0.122. The maximum absolute atomic E-state index is 11.9. The summed E-state index contributed by atoms with van der Waals surface area (Å²) in [6.07, 6.45) is 1.47. The van der Waals surface area contributed by atoms with E-state index in [0.29, 0.717) is 13.0 Å². The summed E-state index contributed by atoms with van der Waals surface area (Å²) in [5.74, 6) is -0.139. The highest BCUT2D eigenvalue weighted by Crippen LogP contribution is 2.10. The molecule has 122 valence electrons. The molecule has 0 radical (unpaired) electrons. The van der Waals surface area contributed by atoms with Crippen molar-refractivity contribution in [3.8, 4) is 0 Å². The first-order valence-corrected chi connectivity index (χ1v) is 7.57. The molecule has 0 bridgehead atoms. The molecule has 1 aromatic heterocycles. The van der Waals surface area contributed by atoms with Gasteiger partial charge in [-0.2, -0.15) is 0 Å². The highest BCUT2D eigenvalue weighted by molar-refractivity contribution is 7.09. The van der Waals surface area contributed by atoms with Gasteiger partial charge in [0.15, 0.2) is 0 Å². The van der Waals surface area contributed by atoms with Crippen molar-refractivity contribution in [3.63, 3.8) is 0 Å². The standard InChI is InChI=1S/C15H19N3OS.2ClH/c1-2-14-18-12(10-20-14)9-17-15(19)13(16)8-11-6-4-3-5-7-11;;/h3-7,10,13H,2,8-9,16H2,1H3,(H,17,19);2*1H/t13-;;/m0../s1. The third-order valence-electron chi connectivity index (χ3n) is 2.98. The van der Waals surface area contributed by atoms with Crippen molar-refractivity contribution in [1.82, 2.24) is 10.3 Å². The van der Waals surface area contributed by atoms with Crippen LogP contribution in [0.2, 0.25) is 0 Å². The van der Waals surface area contributed by atoms with E-state index in [1.165, 1.54) is 0 Å². The van der Waals surface area contributed by atoms with Gasteiger partial charge in [-0.1, -0.05) is 37.3 Å². The number of amides is 1. The topological polar surface area (TPSA) is 68.0 Å². The van der Waals surface area contributed by atoms with E-state index in [0.717, 1.165) is 22.7 Å². The molecule has 1 atom stereocenters. The molecule has 0 saturated heterocycles. The molecular weight excluding hydrogens is 341 g/mol. The van der Waals surface area contributed by atoms with Crippen LogP contribution >= 0.6 is 36.2 Å². The molecule has 0 aliphatic rings. The van der Waals surface area contributed by atoms with Gasteiger partial charge in [0.05, 0.1) is 23.3 Å². The van der Waals surface area contributed by atoms with Crippen LogP contribution in [0.15, 0.2) is 35.7 Å². The highest BCUT2D eigenvalue weighted by Gasteiger charge is 2.14. The van der Waals surface area contributed by atoms with E-state index < -0.39 is 6.04 Å². The van der Waals surface area contributed by atoms with Gasteiger partial charge in [-0.3, -0.25) is 4.79 Å². The Morgan fingerprint density at radius 1 is 1.32 bits per heavy atom. The second kappa shape index (κ2) is 10.6. The SMILES string of the molecule is CCc1nc(CNC(=O)[C@@H](N)Cc2ccccc2)cs1.Cl.Cl. The molecule has 3 N–H and O–H groups in total. The van der Waals surface area contributed by atoms with Crippen molar-refractivity contribution >= 4 is 42.1 Å². The van der Waals surface area contributed by atoms with Crippen molar-refractivity contribution in [2.75, 3.05) is 0 Å². The lowest BCUT2D eigenvalue weighted by Crippen LogP contribution is -2.41. The van der Waals surface area contributed by atoms with Gasteiger partial charge in [-0.05, 0) is 18.4 Å². The number of halogens is 2. The number of aryl methyl sites for hydroxylation is 1. The van der Waals surface area contributed by atoms with Crippen LogP contribution in [0.1, 0.15) is 23.2 Å². The average molecular weight is 362 g/mol. The zero-order chi connectivity index (χ0) is 14.4. The summed E-state index contributed by atoms with van der Waals surface area (Å²) in [7, 11) is 0. The first-order valence-electron chi connectivity index (χ1n) is 6.69. The van der Waals surface area contributed by atoms with Crippen LogP contribution in [-0.4, -0.2) is 16.9 Å². The van der Waals surface area contributed by atoms with Gasteiger partial charge < -0.3 is 11.1 Å². The quantitative estimate of drug-likeness (QED) is 0.830. The van der Waals surface area contributed by atoms with Gasteiger partial charge in [-0.25, -0.2) is 4.98 Å². The molecule has 0 aliphatic heterocycles. The number of thiazole rings is 1. The van der Waals surface area contributed by atoms with E-state index in [4.69, 9.17) is 5.73 Å². The summed E-state index contributed by atoms with van der Waals surface area (Å²) < 4.78 is 0. The zero-order valence-corrected chi connectivity index (χ0v) is 14.8. The van der Waals surface area contributed by atoms with Crippen LogP contribution in [-0.2, 0) is 24.2 Å². The number of nitrogens with two attached hydrogens (primary N) is 1. The van der Waals surface area contributed by atoms with E-state index in [-0.39, 0.29) is 30.7 Å². The lowest BCUT2D eigenvalue weighted by atomic mass is 10.1. The van der Waals surface area contributed by atoms with Crippen molar-refractivity contribution < 1.29 is 4.79 Å². The van der Waals surface area contributed by atoms with Gasteiger partial charge in [0.2, 0.25) is 5.91 Å². The summed E-state index contributed by atoms with van der Waals surface area (Å²) in [4.78, 5) is 16.3. The second-order valence-electron chi connectivity index (χ2n) is 4.60. The van der Waals surface area contributed by atoms with Gasteiger partial charge in [0, 0.05) is 5.38 Å². The van der Waals surface area contributed by atoms with Gasteiger partial charge in [0.1, 0.15) is 0 Å². The number of hydrogen-bond acceptors (Lipinski definition) is 4. The van der Waals surface area contributed by atoms with Crippen molar-refractivity contribution in [2.24, 2.45) is 5.73 Å². The van der Waals surface area contributed by atoms with E-state index >= 15 is 0 Å². The molecule has 0 aliphatic carbocycles. The largest absolute Gasteiger partial charge is 0.349 e. The van der Waals surface area contributed by atoms with E-state index in [1.54, 1.807) is 11.3 Å². The summed E-state index contributed by atoms with van der Waals surface area (Å²) in [6, 6.07) is 9.26. The molecule has 1 aromatic carbocycles. The third-order valence-corrected chi connectivity index (χ3v) is 4.02. The molecule has 22 heavy (non-hydrogen) atoms. The Labute approximate surface area is 147 Å². The Balaban J connectivity index is 0.00000220. The maximum Gasteiger partial charge on any atom is 0.237 e. The van der Waals surface area contributed by atoms with Crippen LogP contribution in [0.4, 0.5) is 0 Å². The summed E-state index contributed by atoms with van der Waals surface area (Å²) in [5.41, 5.74) is 7.88. The van der Waals surface area contributed by atoms with Crippen molar-refractivity contribution in [1.29, 1.82) is 0 Å².